The lowest BCUT2D eigenvalue weighted by atomic mass is 9.97. The molecule has 5 rings (SSSR count). The van der Waals surface area contributed by atoms with Gasteiger partial charge in [-0.05, 0) is 52.1 Å². The molecule has 4 aromatic carbocycles. The van der Waals surface area contributed by atoms with Gasteiger partial charge in [0.05, 0.1) is 20.3 Å². The fraction of sp³-hybridized carbons (Fsp3) is 0.188. The predicted octanol–water partition coefficient (Wildman–Crippen LogP) is 5.82. The number of fused-ring (bicyclic) bond motifs is 3. The van der Waals surface area contributed by atoms with Gasteiger partial charge in [-0.2, -0.15) is 0 Å². The second kappa shape index (κ2) is 11.7. The minimum Gasteiger partial charge on any atom is -0.497 e. The normalized spacial score (nSPS) is 12.6. The number of carbonyl (C=O) groups excluding carboxylic acids is 2. The number of alkyl carbamates (subject to hydrolysis) is 1. The first-order valence-corrected chi connectivity index (χ1v) is 12.5. The highest BCUT2D eigenvalue weighted by Crippen LogP contribution is 2.44. The first-order chi connectivity index (χ1) is 19.1. The average molecular weight is 523 g/mol. The highest BCUT2D eigenvalue weighted by molar-refractivity contribution is 5.79. The van der Waals surface area contributed by atoms with Crippen molar-refractivity contribution in [1.82, 2.24) is 5.32 Å². The molecule has 0 fully saturated rings. The minimum absolute atomic E-state index is 0.0526. The molecule has 39 heavy (non-hydrogen) atoms. The van der Waals surface area contributed by atoms with Crippen LogP contribution in [0.4, 0.5) is 4.79 Å². The summed E-state index contributed by atoms with van der Waals surface area (Å²) in [6.45, 7) is 0.0361. The van der Waals surface area contributed by atoms with Crippen molar-refractivity contribution in [3.8, 4) is 28.4 Å². The Hall–Kier alpha value is -4.78. The Kier molecular flexibility index (Phi) is 7.78. The Labute approximate surface area is 227 Å². The second-order valence-corrected chi connectivity index (χ2v) is 9.01. The van der Waals surface area contributed by atoms with Crippen molar-refractivity contribution in [3.63, 3.8) is 0 Å². The zero-order valence-electron chi connectivity index (χ0n) is 21.7. The van der Waals surface area contributed by atoms with Crippen molar-refractivity contribution in [2.75, 3.05) is 27.4 Å². The topological polar surface area (TPSA) is 83.1 Å². The van der Waals surface area contributed by atoms with E-state index < -0.39 is 12.1 Å². The largest absolute Gasteiger partial charge is 0.497 e. The van der Waals surface area contributed by atoms with Gasteiger partial charge >= 0.3 is 6.09 Å². The minimum atomic E-state index is -0.590. The van der Waals surface area contributed by atoms with E-state index in [2.05, 4.69) is 29.6 Å². The smallest absolute Gasteiger partial charge is 0.407 e. The quantitative estimate of drug-likeness (QED) is 0.283. The number of hydrogen-bond donors (Lipinski definition) is 1. The van der Waals surface area contributed by atoms with Crippen LogP contribution in [0.25, 0.3) is 11.1 Å². The van der Waals surface area contributed by atoms with Crippen molar-refractivity contribution < 1.29 is 28.5 Å². The number of ether oxygens (including phenoxy) is 4. The third kappa shape index (κ3) is 5.43. The summed E-state index contributed by atoms with van der Waals surface area (Å²) in [5.41, 5.74) is 6.11. The van der Waals surface area contributed by atoms with Crippen LogP contribution in [0.5, 0.6) is 17.2 Å². The standard InChI is InChI=1S/C32H28NO6/c1-36-23-15-16-28(30(19-23)37-2)31(21-11-13-22(14-12-21)38-18-17-34)33-32(35)39-20-29-26-9-5-3-7-24(26)25-8-4-6-10-27(25)29/h3-16,19,29,31H,18,20H2,1-2H3,(H,33,35). The highest BCUT2D eigenvalue weighted by atomic mass is 16.5. The van der Waals surface area contributed by atoms with Crippen LogP contribution in [0.2, 0.25) is 0 Å². The maximum atomic E-state index is 13.2. The van der Waals surface area contributed by atoms with Crippen LogP contribution in [0.1, 0.15) is 34.2 Å². The molecule has 1 atom stereocenters. The molecule has 0 aliphatic heterocycles. The van der Waals surface area contributed by atoms with E-state index in [-0.39, 0.29) is 19.1 Å². The zero-order chi connectivity index (χ0) is 27.2. The average Bonchev–Trinajstić information content (AvgIpc) is 3.31. The summed E-state index contributed by atoms with van der Waals surface area (Å²) in [6.07, 6.45) is 1.15. The molecule has 1 amide bonds. The summed E-state index contributed by atoms with van der Waals surface area (Å²) in [7, 11) is 3.14. The first-order valence-electron chi connectivity index (χ1n) is 12.5. The molecule has 1 aliphatic rings. The summed E-state index contributed by atoms with van der Waals surface area (Å²) in [4.78, 5) is 23.8. The maximum Gasteiger partial charge on any atom is 0.407 e. The molecule has 0 aromatic heterocycles. The van der Waals surface area contributed by atoms with E-state index in [1.807, 2.05) is 48.5 Å². The summed E-state index contributed by atoms with van der Waals surface area (Å²) in [5.74, 6) is 1.64. The molecule has 0 saturated carbocycles. The molecule has 1 radical (unpaired) electrons. The van der Waals surface area contributed by atoms with Gasteiger partial charge in [0.25, 0.3) is 0 Å². The summed E-state index contributed by atoms with van der Waals surface area (Å²) in [5, 5.41) is 3.01. The van der Waals surface area contributed by atoms with E-state index in [9.17, 15) is 9.59 Å². The lowest BCUT2D eigenvalue weighted by Crippen LogP contribution is -2.31. The van der Waals surface area contributed by atoms with E-state index in [0.29, 0.717) is 17.2 Å². The van der Waals surface area contributed by atoms with E-state index in [4.69, 9.17) is 18.9 Å². The number of nitrogens with one attached hydrogen (secondary N) is 1. The molecule has 1 aliphatic carbocycles. The van der Waals surface area contributed by atoms with Gasteiger partial charge in [-0.15, -0.1) is 0 Å². The Morgan fingerprint density at radius 3 is 2.10 bits per heavy atom. The van der Waals surface area contributed by atoms with Gasteiger partial charge in [-0.1, -0.05) is 60.7 Å². The lowest BCUT2D eigenvalue weighted by Gasteiger charge is -2.23. The monoisotopic (exact) mass is 522 g/mol. The van der Waals surface area contributed by atoms with Gasteiger partial charge < -0.3 is 24.3 Å². The van der Waals surface area contributed by atoms with Crippen LogP contribution >= 0.6 is 0 Å². The number of methoxy groups -OCH3 is 2. The van der Waals surface area contributed by atoms with Crippen LogP contribution < -0.4 is 19.5 Å². The Balaban J connectivity index is 1.39. The Morgan fingerprint density at radius 1 is 0.846 bits per heavy atom. The molecule has 4 aromatic rings. The van der Waals surface area contributed by atoms with Crippen LogP contribution in [0.15, 0.2) is 91.0 Å². The van der Waals surface area contributed by atoms with E-state index in [1.54, 1.807) is 38.7 Å². The van der Waals surface area contributed by atoms with Crippen molar-refractivity contribution in [1.29, 1.82) is 0 Å². The van der Waals surface area contributed by atoms with E-state index in [0.717, 1.165) is 33.4 Å². The fourth-order valence-corrected chi connectivity index (χ4v) is 5.02. The predicted molar refractivity (Wildman–Crippen MR) is 147 cm³/mol. The Morgan fingerprint density at radius 2 is 1.49 bits per heavy atom. The molecule has 0 spiro atoms. The molecule has 197 valence electrons. The number of rotatable bonds is 10. The third-order valence-electron chi connectivity index (χ3n) is 6.87. The first kappa shape index (κ1) is 25.9. The van der Waals surface area contributed by atoms with Crippen molar-refractivity contribution in [3.05, 3.63) is 113 Å². The molecular formula is C32H28NO6. The van der Waals surface area contributed by atoms with Crippen LogP contribution in [0, 0.1) is 0 Å². The molecule has 0 bridgehead atoms. The molecule has 0 heterocycles. The molecule has 7 heteroatoms. The van der Waals surface area contributed by atoms with Crippen molar-refractivity contribution >= 4 is 12.4 Å². The molecular weight excluding hydrogens is 494 g/mol. The number of amides is 1. The molecule has 1 unspecified atom stereocenters. The van der Waals surface area contributed by atoms with E-state index in [1.165, 1.54) is 0 Å². The Bertz CT molecular complexity index is 1420. The SMILES string of the molecule is COc1ccc(C(NC(=O)OCC2c3ccccc3-c3ccccc32)c2ccc(OC[C]=O)cc2)c(OC)c1. The number of benzene rings is 4. The lowest BCUT2D eigenvalue weighted by molar-refractivity contribution is 0.140. The summed E-state index contributed by atoms with van der Waals surface area (Å²) < 4.78 is 22.1. The number of hydrogen-bond acceptors (Lipinski definition) is 6. The molecule has 1 N–H and O–H groups in total. The number of carbonyl (C=O) groups is 1. The maximum absolute atomic E-state index is 13.2. The van der Waals surface area contributed by atoms with Crippen LogP contribution in [-0.2, 0) is 9.53 Å². The van der Waals surface area contributed by atoms with Crippen LogP contribution in [0.3, 0.4) is 0 Å². The molecule has 7 nitrogen and oxygen atoms in total. The van der Waals surface area contributed by atoms with Gasteiger partial charge in [0, 0.05) is 17.5 Å². The second-order valence-electron chi connectivity index (χ2n) is 9.01. The van der Waals surface area contributed by atoms with Crippen LogP contribution in [-0.4, -0.2) is 39.8 Å². The van der Waals surface area contributed by atoms with Gasteiger partial charge in [-0.25, -0.2) is 4.79 Å². The van der Waals surface area contributed by atoms with Gasteiger partial charge in [0.2, 0.25) is 6.29 Å². The third-order valence-corrected chi connectivity index (χ3v) is 6.87. The van der Waals surface area contributed by atoms with Crippen molar-refractivity contribution in [2.45, 2.75) is 12.0 Å². The van der Waals surface area contributed by atoms with Gasteiger partial charge in [-0.3, -0.25) is 4.79 Å². The summed E-state index contributed by atoms with van der Waals surface area (Å²) >= 11 is 0. The van der Waals surface area contributed by atoms with Gasteiger partial charge in [0.1, 0.15) is 23.9 Å². The molecule has 0 saturated heterocycles. The fourth-order valence-electron chi connectivity index (χ4n) is 5.02. The highest BCUT2D eigenvalue weighted by Gasteiger charge is 2.30. The summed E-state index contributed by atoms with van der Waals surface area (Å²) in [6, 6.07) is 28.3. The van der Waals surface area contributed by atoms with E-state index >= 15 is 0 Å². The van der Waals surface area contributed by atoms with Crippen molar-refractivity contribution in [2.24, 2.45) is 0 Å². The van der Waals surface area contributed by atoms with Gasteiger partial charge in [0.15, 0.2) is 6.61 Å². The zero-order valence-corrected chi connectivity index (χ0v) is 21.7.